The Morgan fingerprint density at radius 2 is 1.45 bits per heavy atom. The van der Waals surface area contributed by atoms with Gasteiger partial charge in [0.1, 0.15) is 11.6 Å². The molecule has 0 amide bonds. The average Bonchev–Trinajstić information content (AvgIpc) is 2.49. The number of rotatable bonds is 10. The SMILES string of the molecule is CCC[C@H](NC)C(=O)CC.CCN[C@@H](CC)C(=O)CC.[HH].[HH]. The number of hydrogen-bond donors (Lipinski definition) is 2. The third-order valence-electron chi connectivity index (χ3n) is 3.26. The number of carbonyl (C=O) groups excluding carboxylic acids is 2. The third kappa shape index (κ3) is 10.1. The smallest absolute Gasteiger partial charge is 0.149 e. The Morgan fingerprint density at radius 3 is 1.75 bits per heavy atom. The number of likely N-dealkylation sites (N-methyl/N-ethyl adjacent to an activating group) is 2. The standard InChI is InChI=1S/2C8H17NO.2H2/c1-4-6-7(9-3)8(10)5-2;1-4-7(9-6-3)8(10)5-2;;/h2*7,9H,4-6H2,1-3H3;2*1H/t2*7-;;/m00../s1. The van der Waals surface area contributed by atoms with Crippen molar-refractivity contribution in [3.05, 3.63) is 0 Å². The van der Waals surface area contributed by atoms with Crippen LogP contribution >= 0.6 is 0 Å². The van der Waals surface area contributed by atoms with Gasteiger partial charge in [-0.3, -0.25) is 9.59 Å². The van der Waals surface area contributed by atoms with E-state index in [1.54, 1.807) is 0 Å². The summed E-state index contributed by atoms with van der Waals surface area (Å²) in [6.45, 7) is 10.8. The Hall–Kier alpha value is -0.740. The van der Waals surface area contributed by atoms with Gasteiger partial charge in [0.05, 0.1) is 12.1 Å². The van der Waals surface area contributed by atoms with Gasteiger partial charge in [0.15, 0.2) is 0 Å². The summed E-state index contributed by atoms with van der Waals surface area (Å²) < 4.78 is 0. The molecule has 0 aliphatic carbocycles. The summed E-state index contributed by atoms with van der Waals surface area (Å²) in [4.78, 5) is 22.1. The highest BCUT2D eigenvalue weighted by Gasteiger charge is 2.12. The minimum atomic E-state index is 0. The minimum Gasteiger partial charge on any atom is -0.311 e. The molecular formula is C16H38N2O2. The van der Waals surface area contributed by atoms with E-state index in [1.807, 2.05) is 34.7 Å². The first-order valence-electron chi connectivity index (χ1n) is 7.98. The van der Waals surface area contributed by atoms with E-state index in [2.05, 4.69) is 17.6 Å². The first kappa shape index (κ1) is 21.6. The number of Topliss-reactive ketones (excluding diaryl/α,β-unsaturated/α-hetero) is 2. The highest BCUT2D eigenvalue weighted by atomic mass is 16.1. The molecule has 0 bridgehead atoms. The second kappa shape index (κ2) is 14.7. The van der Waals surface area contributed by atoms with Crippen LogP contribution in [-0.2, 0) is 9.59 Å². The number of hydrogen-bond acceptors (Lipinski definition) is 4. The van der Waals surface area contributed by atoms with Gasteiger partial charge in [-0.05, 0) is 26.4 Å². The minimum absolute atomic E-state index is 0. The molecule has 0 aliphatic heterocycles. The Bertz CT molecular complexity index is 239. The molecule has 2 atom stereocenters. The number of ketones is 2. The molecule has 124 valence electrons. The lowest BCUT2D eigenvalue weighted by Gasteiger charge is -2.12. The lowest BCUT2D eigenvalue weighted by molar-refractivity contribution is -0.121. The lowest BCUT2D eigenvalue weighted by Crippen LogP contribution is -2.35. The molecule has 0 aromatic carbocycles. The highest BCUT2D eigenvalue weighted by Crippen LogP contribution is 1.99. The predicted molar refractivity (Wildman–Crippen MR) is 90.3 cm³/mol. The van der Waals surface area contributed by atoms with Crippen LogP contribution in [0, 0.1) is 0 Å². The first-order valence-corrected chi connectivity index (χ1v) is 7.98. The maximum absolute atomic E-state index is 11.1. The molecular weight excluding hydrogens is 252 g/mol. The summed E-state index contributed by atoms with van der Waals surface area (Å²) in [6, 6.07) is 0.185. The van der Waals surface area contributed by atoms with Gasteiger partial charge >= 0.3 is 0 Å². The van der Waals surface area contributed by atoms with Crippen molar-refractivity contribution in [3.63, 3.8) is 0 Å². The molecule has 0 unspecified atom stereocenters. The molecule has 2 N–H and O–H groups in total. The van der Waals surface area contributed by atoms with Crippen LogP contribution in [0.25, 0.3) is 0 Å². The largest absolute Gasteiger partial charge is 0.311 e. The van der Waals surface area contributed by atoms with Crippen molar-refractivity contribution in [2.45, 2.75) is 78.8 Å². The van der Waals surface area contributed by atoms with Gasteiger partial charge < -0.3 is 10.6 Å². The van der Waals surface area contributed by atoms with Gasteiger partial charge in [-0.25, -0.2) is 0 Å². The summed E-state index contributed by atoms with van der Waals surface area (Å²) in [7, 11) is 1.84. The second-order valence-corrected chi connectivity index (χ2v) is 4.79. The first-order chi connectivity index (χ1) is 9.51. The van der Waals surface area contributed by atoms with Gasteiger partial charge in [0, 0.05) is 15.7 Å². The quantitative estimate of drug-likeness (QED) is 0.649. The van der Waals surface area contributed by atoms with Gasteiger partial charge in [-0.15, -0.1) is 0 Å². The van der Waals surface area contributed by atoms with E-state index in [0.717, 1.165) is 25.8 Å². The van der Waals surface area contributed by atoms with Crippen LogP contribution in [0.4, 0.5) is 0 Å². The summed E-state index contributed by atoms with van der Waals surface area (Å²) in [6.07, 6.45) is 4.22. The summed E-state index contributed by atoms with van der Waals surface area (Å²) in [5.74, 6) is 0.647. The molecule has 4 heteroatoms. The number of carbonyl (C=O) groups is 2. The van der Waals surface area contributed by atoms with Crippen LogP contribution in [0.2, 0.25) is 0 Å². The summed E-state index contributed by atoms with van der Waals surface area (Å²) in [5, 5.41) is 6.14. The van der Waals surface area contributed by atoms with E-state index in [4.69, 9.17) is 0 Å². The predicted octanol–water partition coefficient (Wildman–Crippen LogP) is 3.20. The van der Waals surface area contributed by atoms with Crippen LogP contribution in [0.3, 0.4) is 0 Å². The van der Waals surface area contributed by atoms with Gasteiger partial charge in [-0.1, -0.05) is 41.0 Å². The monoisotopic (exact) mass is 290 g/mol. The molecule has 0 fully saturated rings. The normalized spacial score (nSPS) is 13.1. The zero-order valence-electron chi connectivity index (χ0n) is 14.2. The summed E-state index contributed by atoms with van der Waals surface area (Å²) >= 11 is 0. The van der Waals surface area contributed by atoms with Crippen molar-refractivity contribution in [1.82, 2.24) is 10.6 Å². The maximum Gasteiger partial charge on any atom is 0.149 e. The van der Waals surface area contributed by atoms with E-state index in [9.17, 15) is 9.59 Å². The van der Waals surface area contributed by atoms with E-state index in [1.165, 1.54) is 0 Å². The molecule has 0 saturated carbocycles. The van der Waals surface area contributed by atoms with Crippen LogP contribution in [0.5, 0.6) is 0 Å². The second-order valence-electron chi connectivity index (χ2n) is 4.79. The van der Waals surface area contributed by atoms with E-state index < -0.39 is 0 Å². The molecule has 0 rings (SSSR count). The fraction of sp³-hybridized carbons (Fsp3) is 0.875. The van der Waals surface area contributed by atoms with Crippen molar-refractivity contribution in [3.8, 4) is 0 Å². The zero-order valence-corrected chi connectivity index (χ0v) is 14.2. The fourth-order valence-electron chi connectivity index (χ4n) is 1.98. The Labute approximate surface area is 128 Å². The third-order valence-corrected chi connectivity index (χ3v) is 3.26. The molecule has 20 heavy (non-hydrogen) atoms. The van der Waals surface area contributed by atoms with Crippen molar-refractivity contribution in [2.24, 2.45) is 0 Å². The van der Waals surface area contributed by atoms with Crippen molar-refractivity contribution >= 4 is 11.6 Å². The van der Waals surface area contributed by atoms with E-state index in [0.29, 0.717) is 24.4 Å². The lowest BCUT2D eigenvalue weighted by atomic mass is 10.1. The Kier molecular flexibility index (Phi) is 15.8. The maximum atomic E-state index is 11.1. The Morgan fingerprint density at radius 1 is 0.950 bits per heavy atom. The number of nitrogens with one attached hydrogen (secondary N) is 2. The van der Waals surface area contributed by atoms with Crippen LogP contribution in [0.15, 0.2) is 0 Å². The van der Waals surface area contributed by atoms with Crippen LogP contribution < -0.4 is 10.6 Å². The van der Waals surface area contributed by atoms with Gasteiger partial charge in [-0.2, -0.15) is 0 Å². The summed E-state index contributed by atoms with van der Waals surface area (Å²) in [5.41, 5.74) is 0. The molecule has 0 aromatic heterocycles. The van der Waals surface area contributed by atoms with E-state index in [-0.39, 0.29) is 14.9 Å². The fourth-order valence-corrected chi connectivity index (χ4v) is 1.98. The molecule has 0 aromatic rings. The Balaban J connectivity index is -0.000000135. The molecule has 0 radical (unpaired) electrons. The zero-order chi connectivity index (χ0) is 16.0. The topological polar surface area (TPSA) is 58.2 Å². The molecule has 4 nitrogen and oxygen atoms in total. The molecule has 0 spiro atoms. The van der Waals surface area contributed by atoms with Crippen LogP contribution in [0.1, 0.15) is 69.6 Å². The molecule has 0 aliphatic rings. The van der Waals surface area contributed by atoms with Crippen molar-refractivity contribution in [2.75, 3.05) is 13.6 Å². The average molecular weight is 290 g/mol. The van der Waals surface area contributed by atoms with Crippen LogP contribution in [-0.4, -0.2) is 37.2 Å². The molecule has 0 saturated heterocycles. The van der Waals surface area contributed by atoms with Gasteiger partial charge in [0.2, 0.25) is 0 Å². The molecule has 0 heterocycles. The van der Waals surface area contributed by atoms with Gasteiger partial charge in [0.25, 0.3) is 0 Å². The van der Waals surface area contributed by atoms with Crippen molar-refractivity contribution in [1.29, 1.82) is 0 Å². The van der Waals surface area contributed by atoms with E-state index >= 15 is 0 Å². The van der Waals surface area contributed by atoms with Crippen molar-refractivity contribution < 1.29 is 12.4 Å². The highest BCUT2D eigenvalue weighted by molar-refractivity contribution is 5.83.